The van der Waals surface area contributed by atoms with Crippen molar-refractivity contribution in [3.05, 3.63) is 96.6 Å². The molecule has 2 N–H and O–H groups in total. The van der Waals surface area contributed by atoms with Crippen molar-refractivity contribution in [1.82, 2.24) is 0 Å². The number of benzene rings is 3. The summed E-state index contributed by atoms with van der Waals surface area (Å²) in [7, 11) is -2.63. The summed E-state index contributed by atoms with van der Waals surface area (Å²) in [5, 5.41) is 23.2. The molecule has 1 saturated heterocycles. The molecule has 0 aromatic heterocycles. The van der Waals surface area contributed by atoms with Gasteiger partial charge in [0.15, 0.2) is 6.29 Å². The van der Waals surface area contributed by atoms with Gasteiger partial charge in [0, 0.05) is 13.0 Å². The van der Waals surface area contributed by atoms with E-state index in [-0.39, 0.29) is 11.6 Å². The van der Waals surface area contributed by atoms with Gasteiger partial charge in [-0.05, 0) is 21.0 Å². The van der Waals surface area contributed by atoms with Crippen molar-refractivity contribution in [1.29, 1.82) is 0 Å². The highest BCUT2D eigenvalue weighted by molar-refractivity contribution is 6.99. The van der Waals surface area contributed by atoms with Crippen LogP contribution in [0.4, 0.5) is 0 Å². The molecule has 0 aliphatic carbocycles. The second-order valence-electron chi connectivity index (χ2n) is 10.7. The molecule has 200 valence electrons. The summed E-state index contributed by atoms with van der Waals surface area (Å²) in [6, 6.07) is 30.8. The Balaban J connectivity index is 1.50. The molecule has 5 nitrogen and oxygen atoms in total. The van der Waals surface area contributed by atoms with E-state index in [0.29, 0.717) is 19.6 Å². The third kappa shape index (κ3) is 6.44. The van der Waals surface area contributed by atoms with Crippen LogP contribution < -0.4 is 10.4 Å². The van der Waals surface area contributed by atoms with Crippen LogP contribution in [0.3, 0.4) is 0 Å². The molecule has 4 rings (SSSR count). The van der Waals surface area contributed by atoms with E-state index in [9.17, 15) is 10.2 Å². The van der Waals surface area contributed by atoms with Gasteiger partial charge in [-0.1, -0.05) is 118 Å². The van der Waals surface area contributed by atoms with Crippen molar-refractivity contribution >= 4 is 18.7 Å². The zero-order valence-electron chi connectivity index (χ0n) is 22.4. The Morgan fingerprint density at radius 3 is 1.97 bits per heavy atom. The monoisotopic (exact) mass is 530 g/mol. The van der Waals surface area contributed by atoms with Crippen LogP contribution >= 0.6 is 0 Å². The van der Waals surface area contributed by atoms with Gasteiger partial charge in [-0.2, -0.15) is 0 Å². The SMILES string of the molecule is CC(C)(C)[Si](OCCC#C[C@@H]1[C@@H](OCc2ccccc2)OC[C@H](O)[C@H]1O)(c1ccccc1)c1ccccc1. The summed E-state index contributed by atoms with van der Waals surface area (Å²) >= 11 is 0. The summed E-state index contributed by atoms with van der Waals surface area (Å²) in [5.74, 6) is 5.64. The number of hydrogen-bond acceptors (Lipinski definition) is 5. The molecule has 6 heteroatoms. The zero-order chi connectivity index (χ0) is 27.0. The Kier molecular flexibility index (Phi) is 9.56. The summed E-state index contributed by atoms with van der Waals surface area (Å²) in [5.41, 5.74) is 1.00. The van der Waals surface area contributed by atoms with E-state index < -0.39 is 32.7 Å². The molecule has 1 fully saturated rings. The van der Waals surface area contributed by atoms with Crippen molar-refractivity contribution in [2.45, 2.75) is 57.3 Å². The van der Waals surface area contributed by atoms with Gasteiger partial charge in [0.2, 0.25) is 0 Å². The minimum absolute atomic E-state index is 0.00969. The van der Waals surface area contributed by atoms with Crippen molar-refractivity contribution in [2.75, 3.05) is 13.2 Å². The van der Waals surface area contributed by atoms with E-state index in [1.807, 2.05) is 42.5 Å². The minimum atomic E-state index is -2.63. The number of hydrogen-bond donors (Lipinski definition) is 2. The Hall–Kier alpha value is -2.76. The number of ether oxygens (including phenoxy) is 2. The van der Waals surface area contributed by atoms with Gasteiger partial charge in [-0.15, -0.1) is 5.92 Å². The first-order valence-electron chi connectivity index (χ1n) is 13.2. The minimum Gasteiger partial charge on any atom is -0.406 e. The van der Waals surface area contributed by atoms with Gasteiger partial charge < -0.3 is 24.1 Å². The molecular formula is C32H38O5Si. The molecule has 1 aliphatic heterocycles. The fraction of sp³-hybridized carbons (Fsp3) is 0.375. The summed E-state index contributed by atoms with van der Waals surface area (Å²) < 4.78 is 18.6. The molecular weight excluding hydrogens is 492 g/mol. The Labute approximate surface area is 227 Å². The van der Waals surface area contributed by atoms with Crippen LogP contribution in [0.25, 0.3) is 0 Å². The van der Waals surface area contributed by atoms with Crippen molar-refractivity contribution in [2.24, 2.45) is 5.92 Å². The predicted molar refractivity (Wildman–Crippen MR) is 152 cm³/mol. The molecule has 0 bridgehead atoms. The lowest BCUT2D eigenvalue weighted by Crippen LogP contribution is -2.66. The first-order chi connectivity index (χ1) is 18.3. The molecule has 0 radical (unpaired) electrons. The lowest BCUT2D eigenvalue weighted by atomic mass is 9.95. The molecule has 3 aromatic carbocycles. The van der Waals surface area contributed by atoms with Crippen LogP contribution in [-0.4, -0.2) is 50.2 Å². The highest BCUT2D eigenvalue weighted by Crippen LogP contribution is 2.36. The van der Waals surface area contributed by atoms with Crippen LogP contribution in [0.5, 0.6) is 0 Å². The average Bonchev–Trinajstić information content (AvgIpc) is 2.93. The topological polar surface area (TPSA) is 68.2 Å². The third-order valence-electron chi connectivity index (χ3n) is 6.97. The smallest absolute Gasteiger partial charge is 0.261 e. The van der Waals surface area contributed by atoms with Crippen LogP contribution in [0.1, 0.15) is 32.8 Å². The first kappa shape index (κ1) is 28.3. The van der Waals surface area contributed by atoms with E-state index in [0.717, 1.165) is 5.56 Å². The van der Waals surface area contributed by atoms with E-state index >= 15 is 0 Å². The lowest BCUT2D eigenvalue weighted by Gasteiger charge is -2.43. The fourth-order valence-corrected chi connectivity index (χ4v) is 9.62. The Bertz CT molecular complexity index is 1150. The lowest BCUT2D eigenvalue weighted by molar-refractivity contribution is -0.241. The largest absolute Gasteiger partial charge is 0.406 e. The van der Waals surface area contributed by atoms with Crippen LogP contribution in [0, 0.1) is 17.8 Å². The third-order valence-corrected chi connectivity index (χ3v) is 12.0. The highest BCUT2D eigenvalue weighted by Gasteiger charge is 2.50. The first-order valence-corrected chi connectivity index (χ1v) is 15.1. The average molecular weight is 531 g/mol. The zero-order valence-corrected chi connectivity index (χ0v) is 23.4. The Morgan fingerprint density at radius 1 is 0.868 bits per heavy atom. The van der Waals surface area contributed by atoms with Gasteiger partial charge >= 0.3 is 0 Å². The molecule has 1 aliphatic rings. The second-order valence-corrected chi connectivity index (χ2v) is 15.0. The number of aliphatic hydroxyl groups excluding tert-OH is 2. The molecule has 0 spiro atoms. The van der Waals surface area contributed by atoms with Gasteiger partial charge in [0.25, 0.3) is 8.32 Å². The summed E-state index contributed by atoms with van der Waals surface area (Å²) in [6.45, 7) is 7.53. The Morgan fingerprint density at radius 2 is 1.42 bits per heavy atom. The molecule has 0 amide bonds. The van der Waals surface area contributed by atoms with E-state index in [1.54, 1.807) is 0 Å². The van der Waals surface area contributed by atoms with E-state index in [4.69, 9.17) is 13.9 Å². The maximum absolute atomic E-state index is 10.7. The quantitative estimate of drug-likeness (QED) is 0.263. The van der Waals surface area contributed by atoms with Crippen LogP contribution in [0.2, 0.25) is 5.04 Å². The second kappa shape index (κ2) is 12.9. The molecule has 0 saturated carbocycles. The van der Waals surface area contributed by atoms with Crippen molar-refractivity contribution in [3.8, 4) is 11.8 Å². The standard InChI is InChI=1S/C32H38O5Si/c1-32(2,3)38(26-17-9-5-10-18-26,27-19-11-6-12-20-27)37-22-14-13-21-28-30(34)29(33)24-36-31(28)35-23-25-15-7-4-8-16-25/h4-12,15-20,28-31,33-34H,14,22-24H2,1-3H3/t28-,29-,30-,31-/m0/s1. The van der Waals surface area contributed by atoms with Crippen molar-refractivity contribution in [3.63, 3.8) is 0 Å². The van der Waals surface area contributed by atoms with Gasteiger partial charge in [0.05, 0.1) is 19.1 Å². The molecule has 1 heterocycles. The van der Waals surface area contributed by atoms with Crippen LogP contribution in [-0.2, 0) is 20.5 Å². The van der Waals surface area contributed by atoms with Gasteiger partial charge in [-0.3, -0.25) is 0 Å². The normalized spacial score (nSPS) is 21.9. The maximum atomic E-state index is 10.7. The van der Waals surface area contributed by atoms with Crippen LogP contribution in [0.15, 0.2) is 91.0 Å². The summed E-state index contributed by atoms with van der Waals surface area (Å²) in [6.07, 6.45) is -2.29. The molecule has 4 atom stereocenters. The molecule has 38 heavy (non-hydrogen) atoms. The van der Waals surface area contributed by atoms with E-state index in [1.165, 1.54) is 10.4 Å². The maximum Gasteiger partial charge on any atom is 0.261 e. The number of rotatable bonds is 8. The van der Waals surface area contributed by atoms with Gasteiger partial charge in [0.1, 0.15) is 12.2 Å². The highest BCUT2D eigenvalue weighted by atomic mass is 28.4. The molecule has 3 aromatic rings. The summed E-state index contributed by atoms with van der Waals surface area (Å²) in [4.78, 5) is 0. The predicted octanol–water partition coefficient (Wildman–Crippen LogP) is 3.87. The molecule has 0 unspecified atom stereocenters. The van der Waals surface area contributed by atoms with Crippen molar-refractivity contribution < 1.29 is 24.1 Å². The number of aliphatic hydroxyl groups is 2. The fourth-order valence-electron chi connectivity index (χ4n) is 5.06. The van der Waals surface area contributed by atoms with Gasteiger partial charge in [-0.25, -0.2) is 0 Å². The van der Waals surface area contributed by atoms with E-state index in [2.05, 4.69) is 81.1 Å².